The van der Waals surface area contributed by atoms with Crippen molar-refractivity contribution < 1.29 is 0 Å². The second-order valence-corrected chi connectivity index (χ2v) is 3.82. The molecule has 0 atom stereocenters. The van der Waals surface area contributed by atoms with Crippen LogP contribution in [0.2, 0.25) is 0 Å². The predicted molar refractivity (Wildman–Crippen MR) is 66.2 cm³/mol. The highest BCUT2D eigenvalue weighted by atomic mass is 14.0. The lowest BCUT2D eigenvalue weighted by Crippen LogP contribution is -1.91. The quantitative estimate of drug-likeness (QED) is 0.547. The van der Waals surface area contributed by atoms with Crippen LogP contribution in [-0.2, 0) is 0 Å². The molecule has 0 unspecified atom stereocenters. The Morgan fingerprint density at radius 3 is 0.846 bits per heavy atom. The van der Waals surface area contributed by atoms with Gasteiger partial charge < -0.3 is 0 Å². The third-order valence-electron chi connectivity index (χ3n) is 1.73. The van der Waals surface area contributed by atoms with Crippen molar-refractivity contribution in [2.24, 2.45) is 11.8 Å². The molecule has 0 fully saturated rings. The van der Waals surface area contributed by atoms with Crippen molar-refractivity contribution in [1.82, 2.24) is 0 Å². The van der Waals surface area contributed by atoms with Gasteiger partial charge in [-0.1, -0.05) is 74.7 Å². The molecule has 0 heterocycles. The minimum Gasteiger partial charge on any atom is -0.0683 e. The van der Waals surface area contributed by atoms with Crippen LogP contribution in [0.25, 0.3) is 0 Å². The molecule has 0 radical (unpaired) electrons. The van der Waals surface area contributed by atoms with Crippen LogP contribution in [0.1, 0.15) is 74.7 Å². The molecule has 0 aliphatic heterocycles. The van der Waals surface area contributed by atoms with Gasteiger partial charge in [0, 0.05) is 0 Å². The maximum Gasteiger partial charge on any atom is -0.0422 e. The molecule has 0 aromatic heterocycles. The van der Waals surface area contributed by atoms with Gasteiger partial charge in [-0.2, -0.15) is 0 Å². The Balaban J connectivity index is -0.000000142. The fraction of sp³-hybridized carbons (Fsp3) is 1.00. The molecule has 0 nitrogen and oxygen atoms in total. The van der Waals surface area contributed by atoms with Gasteiger partial charge in [0.25, 0.3) is 0 Å². The molecular weight excluding hydrogens is 156 g/mol. The molecular formula is C13H32. The Hall–Kier alpha value is 0. The van der Waals surface area contributed by atoms with E-state index in [9.17, 15) is 0 Å². The monoisotopic (exact) mass is 188 g/mol. The number of rotatable bonds is 3. The third kappa shape index (κ3) is 33.3. The van der Waals surface area contributed by atoms with Crippen molar-refractivity contribution >= 4 is 0 Å². The summed E-state index contributed by atoms with van der Waals surface area (Å²) in [7, 11) is 0. The highest BCUT2D eigenvalue weighted by Crippen LogP contribution is 2.09. The van der Waals surface area contributed by atoms with E-state index in [4.69, 9.17) is 0 Å². The Kier molecular flexibility index (Phi) is 25.8. The minimum absolute atomic E-state index is 0.833. The first kappa shape index (κ1) is 18.7. The summed E-state index contributed by atoms with van der Waals surface area (Å²) in [5, 5.41) is 0. The van der Waals surface area contributed by atoms with Gasteiger partial charge in [0.1, 0.15) is 0 Å². The van der Waals surface area contributed by atoms with E-state index < -0.39 is 0 Å². The molecule has 0 aliphatic rings. The summed E-state index contributed by atoms with van der Waals surface area (Å²) in [6.07, 6.45) is 4.06. The largest absolute Gasteiger partial charge is 0.0683 e. The van der Waals surface area contributed by atoms with Crippen LogP contribution in [0, 0.1) is 11.8 Å². The first-order valence-corrected chi connectivity index (χ1v) is 6.08. The van der Waals surface area contributed by atoms with Crippen molar-refractivity contribution in [2.45, 2.75) is 74.7 Å². The second kappa shape index (κ2) is 17.9. The summed E-state index contributed by atoms with van der Waals surface area (Å²) in [6.45, 7) is 17.3. The van der Waals surface area contributed by atoms with Gasteiger partial charge in [0.05, 0.1) is 0 Å². The maximum absolute atomic E-state index is 2.26. The summed E-state index contributed by atoms with van der Waals surface area (Å²) in [5.74, 6) is 1.82. The summed E-state index contributed by atoms with van der Waals surface area (Å²) in [5.41, 5.74) is 0. The van der Waals surface area contributed by atoms with E-state index in [0.29, 0.717) is 0 Å². The van der Waals surface area contributed by atoms with Gasteiger partial charge in [0.2, 0.25) is 0 Å². The average molecular weight is 188 g/mol. The van der Waals surface area contributed by atoms with Gasteiger partial charge >= 0.3 is 0 Å². The molecule has 0 amide bonds. The highest BCUT2D eigenvalue weighted by molar-refractivity contribution is 4.48. The van der Waals surface area contributed by atoms with Crippen LogP contribution in [0.15, 0.2) is 0 Å². The summed E-state index contributed by atoms with van der Waals surface area (Å²) >= 11 is 0. The molecule has 0 aliphatic carbocycles. The smallest absolute Gasteiger partial charge is 0.0422 e. The van der Waals surface area contributed by atoms with E-state index in [-0.39, 0.29) is 0 Å². The summed E-state index contributed by atoms with van der Waals surface area (Å²) in [4.78, 5) is 0. The Morgan fingerprint density at radius 1 is 0.692 bits per heavy atom. The van der Waals surface area contributed by atoms with Gasteiger partial charge in [-0.15, -0.1) is 0 Å². The van der Waals surface area contributed by atoms with Gasteiger partial charge in [-0.05, 0) is 11.8 Å². The zero-order valence-corrected chi connectivity index (χ0v) is 11.3. The molecule has 0 rings (SSSR count). The van der Waals surface area contributed by atoms with Gasteiger partial charge in [0.15, 0.2) is 0 Å². The topological polar surface area (TPSA) is 0 Å². The van der Waals surface area contributed by atoms with Gasteiger partial charge in [-0.3, -0.25) is 0 Å². The molecule has 0 saturated heterocycles. The molecule has 84 valence electrons. The van der Waals surface area contributed by atoms with Gasteiger partial charge in [-0.25, -0.2) is 0 Å². The predicted octanol–water partition coefficient (Wildman–Crippen LogP) is 5.52. The fourth-order valence-electron chi connectivity index (χ4n) is 0.866. The molecule has 0 spiro atoms. The molecule has 0 aromatic carbocycles. The maximum atomic E-state index is 2.26. The van der Waals surface area contributed by atoms with E-state index in [2.05, 4.69) is 41.5 Å². The van der Waals surface area contributed by atoms with Crippen molar-refractivity contribution in [1.29, 1.82) is 0 Å². The van der Waals surface area contributed by atoms with Crippen LogP contribution >= 0.6 is 0 Å². The molecule has 0 bridgehead atoms. The molecule has 0 aromatic rings. The van der Waals surface area contributed by atoms with Crippen LogP contribution in [0.5, 0.6) is 0 Å². The minimum atomic E-state index is 0.833. The van der Waals surface area contributed by atoms with Crippen molar-refractivity contribution in [3.8, 4) is 0 Å². The molecule has 0 saturated carbocycles. The first-order chi connectivity index (χ1) is 6.08. The number of hydrogen-bond donors (Lipinski definition) is 0. The standard InChI is InChI=1S/C7H16.C4H10.C2H6/c1-4-7(5-2)6-3;1-4(2)3;1-2/h7H,4-6H2,1-3H3;4H,1-3H3;1-2H3. The van der Waals surface area contributed by atoms with E-state index in [1.807, 2.05) is 13.8 Å². The second-order valence-electron chi connectivity index (χ2n) is 3.82. The van der Waals surface area contributed by atoms with Crippen molar-refractivity contribution in [2.75, 3.05) is 0 Å². The van der Waals surface area contributed by atoms with E-state index in [1.165, 1.54) is 19.3 Å². The van der Waals surface area contributed by atoms with Crippen LogP contribution in [-0.4, -0.2) is 0 Å². The lowest BCUT2D eigenvalue weighted by molar-refractivity contribution is 0.477. The summed E-state index contributed by atoms with van der Waals surface area (Å²) in [6, 6.07) is 0. The lowest BCUT2D eigenvalue weighted by Gasteiger charge is -2.05. The SMILES string of the molecule is CC.CC(C)C.CCC(CC)CC. The van der Waals surface area contributed by atoms with Crippen LogP contribution in [0.3, 0.4) is 0 Å². The Bertz CT molecular complexity index is 42.8. The molecule has 0 N–H and O–H groups in total. The molecule has 0 heteroatoms. The van der Waals surface area contributed by atoms with E-state index in [0.717, 1.165) is 11.8 Å². The van der Waals surface area contributed by atoms with E-state index in [1.54, 1.807) is 0 Å². The highest BCUT2D eigenvalue weighted by Gasteiger charge is 1.95. The normalized spacial score (nSPS) is 8.77. The van der Waals surface area contributed by atoms with Crippen LogP contribution < -0.4 is 0 Å². The molecule has 13 heavy (non-hydrogen) atoms. The van der Waals surface area contributed by atoms with Crippen molar-refractivity contribution in [3.63, 3.8) is 0 Å². The fourth-order valence-corrected chi connectivity index (χ4v) is 0.866. The number of hydrogen-bond acceptors (Lipinski definition) is 0. The van der Waals surface area contributed by atoms with Crippen molar-refractivity contribution in [3.05, 3.63) is 0 Å². The first-order valence-electron chi connectivity index (χ1n) is 6.08. The van der Waals surface area contributed by atoms with E-state index >= 15 is 0 Å². The Labute approximate surface area is 87.1 Å². The Morgan fingerprint density at radius 2 is 0.846 bits per heavy atom. The average Bonchev–Trinajstić information content (AvgIpc) is 2.10. The summed E-state index contributed by atoms with van der Waals surface area (Å²) < 4.78 is 0. The third-order valence-corrected chi connectivity index (χ3v) is 1.73. The lowest BCUT2D eigenvalue weighted by atomic mass is 10.0. The van der Waals surface area contributed by atoms with Crippen LogP contribution in [0.4, 0.5) is 0 Å². The zero-order chi connectivity index (χ0) is 11.3. The zero-order valence-electron chi connectivity index (χ0n) is 11.3.